The highest BCUT2D eigenvalue weighted by atomic mass is 35.5. The van der Waals surface area contributed by atoms with Gasteiger partial charge in [-0.15, -0.1) is 11.3 Å². The van der Waals surface area contributed by atoms with Crippen LogP contribution in [0, 0.1) is 13.8 Å². The van der Waals surface area contributed by atoms with E-state index in [9.17, 15) is 23.2 Å². The monoisotopic (exact) mass is 500 g/mol. The van der Waals surface area contributed by atoms with E-state index < -0.39 is 28.9 Å². The van der Waals surface area contributed by atoms with Crippen molar-refractivity contribution in [3.63, 3.8) is 0 Å². The van der Waals surface area contributed by atoms with Crippen molar-refractivity contribution in [2.24, 2.45) is 0 Å². The largest absolute Gasteiger partial charge is 0.465 e. The molecular formula is C20H19ClF2N4O5S. The summed E-state index contributed by atoms with van der Waals surface area (Å²) in [6, 6.07) is 2.26. The highest BCUT2D eigenvalue weighted by molar-refractivity contribution is 7.18. The molecule has 1 amide bonds. The van der Waals surface area contributed by atoms with E-state index in [1.807, 2.05) is 6.92 Å². The molecule has 0 fully saturated rings. The fraction of sp³-hybridized carbons (Fsp3) is 0.350. The van der Waals surface area contributed by atoms with E-state index in [2.05, 4.69) is 15.4 Å². The van der Waals surface area contributed by atoms with Crippen molar-refractivity contribution in [2.45, 2.75) is 32.6 Å². The fourth-order valence-electron chi connectivity index (χ4n) is 2.98. The van der Waals surface area contributed by atoms with Crippen molar-refractivity contribution < 1.29 is 32.6 Å². The smallest absolute Gasteiger partial charge is 0.364 e. The van der Waals surface area contributed by atoms with Crippen LogP contribution >= 0.6 is 22.9 Å². The van der Waals surface area contributed by atoms with Crippen LogP contribution in [0.25, 0.3) is 5.65 Å². The number of hydrogen-bond acceptors (Lipinski definition) is 8. The van der Waals surface area contributed by atoms with Crippen LogP contribution in [0.5, 0.6) is 0 Å². The van der Waals surface area contributed by atoms with E-state index in [1.54, 1.807) is 0 Å². The van der Waals surface area contributed by atoms with E-state index in [-0.39, 0.29) is 44.6 Å². The molecule has 3 aromatic rings. The lowest BCUT2D eigenvalue weighted by molar-refractivity contribution is 0.0506. The van der Waals surface area contributed by atoms with Crippen molar-refractivity contribution in [2.75, 3.05) is 19.0 Å². The Balaban J connectivity index is 2.02. The number of hydrogen-bond donors (Lipinski definition) is 1. The minimum absolute atomic E-state index is 0.00656. The summed E-state index contributed by atoms with van der Waals surface area (Å²) in [6.45, 7) is 4.97. The maximum atomic E-state index is 13.8. The van der Waals surface area contributed by atoms with Gasteiger partial charge in [0.2, 0.25) is 0 Å². The summed E-state index contributed by atoms with van der Waals surface area (Å²) in [5.41, 5.74) is -0.409. The minimum Gasteiger partial charge on any atom is -0.465 e. The Labute approximate surface area is 195 Å². The summed E-state index contributed by atoms with van der Waals surface area (Å²) >= 11 is 5.99. The maximum Gasteiger partial charge on any atom is 0.364 e. The molecule has 13 heteroatoms. The molecule has 3 aromatic heterocycles. The lowest BCUT2D eigenvalue weighted by atomic mass is 10.1. The molecule has 3 rings (SSSR count). The number of thiophene rings is 1. The fourth-order valence-corrected chi connectivity index (χ4v) is 4.22. The number of rotatable bonds is 7. The number of amides is 1. The Bertz CT molecular complexity index is 1250. The zero-order valence-corrected chi connectivity index (χ0v) is 19.6. The van der Waals surface area contributed by atoms with Gasteiger partial charge in [-0.3, -0.25) is 4.79 Å². The summed E-state index contributed by atoms with van der Waals surface area (Å²) < 4.78 is 38.3. The molecule has 0 aliphatic carbocycles. The van der Waals surface area contributed by atoms with Gasteiger partial charge < -0.3 is 14.8 Å². The highest BCUT2D eigenvalue weighted by Crippen LogP contribution is 2.35. The van der Waals surface area contributed by atoms with Gasteiger partial charge in [0, 0.05) is 11.8 Å². The average Bonchev–Trinajstić information content (AvgIpc) is 3.31. The number of halogens is 3. The minimum atomic E-state index is -3.75. The van der Waals surface area contributed by atoms with Crippen LogP contribution in [-0.2, 0) is 14.9 Å². The Morgan fingerprint density at radius 2 is 1.94 bits per heavy atom. The first-order chi connectivity index (χ1) is 15.5. The van der Waals surface area contributed by atoms with Crippen LogP contribution in [0.1, 0.15) is 60.8 Å². The maximum absolute atomic E-state index is 13.8. The lowest BCUT2D eigenvalue weighted by Crippen LogP contribution is -2.16. The second kappa shape index (κ2) is 9.40. The van der Waals surface area contributed by atoms with Gasteiger partial charge in [0.1, 0.15) is 15.6 Å². The topological polar surface area (TPSA) is 112 Å². The molecule has 33 heavy (non-hydrogen) atoms. The van der Waals surface area contributed by atoms with Gasteiger partial charge in [-0.2, -0.15) is 13.9 Å². The third-order valence-corrected chi connectivity index (χ3v) is 5.85. The van der Waals surface area contributed by atoms with Crippen LogP contribution in [-0.4, -0.2) is 46.2 Å². The number of carbonyl (C=O) groups is 3. The molecule has 1 N–H and O–H groups in total. The summed E-state index contributed by atoms with van der Waals surface area (Å²) in [4.78, 5) is 41.7. The van der Waals surface area contributed by atoms with Crippen molar-refractivity contribution >= 4 is 51.4 Å². The number of anilines is 1. The molecule has 0 saturated heterocycles. The summed E-state index contributed by atoms with van der Waals surface area (Å²) in [5, 5.41) is 2.68. The van der Waals surface area contributed by atoms with E-state index in [4.69, 9.17) is 21.1 Å². The van der Waals surface area contributed by atoms with Crippen molar-refractivity contribution in [3.8, 4) is 0 Å². The van der Waals surface area contributed by atoms with Gasteiger partial charge in [0.15, 0.2) is 11.3 Å². The van der Waals surface area contributed by atoms with Crippen molar-refractivity contribution in [3.05, 3.63) is 45.2 Å². The first-order valence-corrected chi connectivity index (χ1v) is 10.8. The standard InChI is InChI=1S/C20H19ClF2N4O5S/c1-5-6-32-18(29)14-10(3)15(19(30)31-4)33-17(14)25-16(28)11-8-13-24-9(2)7-12(20(21,22)23)27(13)26-11/h7-8H,5-6H2,1-4H3,(H,25,28). The molecular weight excluding hydrogens is 482 g/mol. The lowest BCUT2D eigenvalue weighted by Gasteiger charge is -2.10. The molecule has 0 aliphatic rings. The van der Waals surface area contributed by atoms with E-state index in [0.717, 1.165) is 21.9 Å². The summed E-state index contributed by atoms with van der Waals surface area (Å²) in [5.74, 6) is -2.24. The summed E-state index contributed by atoms with van der Waals surface area (Å²) in [7, 11) is 1.19. The molecule has 0 aliphatic heterocycles. The number of esters is 2. The Morgan fingerprint density at radius 1 is 1.24 bits per heavy atom. The van der Waals surface area contributed by atoms with Gasteiger partial charge in [0.05, 0.1) is 19.3 Å². The number of aryl methyl sites for hydroxylation is 1. The number of aromatic nitrogens is 3. The van der Waals surface area contributed by atoms with Crippen LogP contribution in [0.2, 0.25) is 0 Å². The number of carbonyl (C=O) groups excluding carboxylic acids is 3. The van der Waals surface area contributed by atoms with Crippen LogP contribution < -0.4 is 5.32 Å². The molecule has 0 unspecified atom stereocenters. The summed E-state index contributed by atoms with van der Waals surface area (Å²) in [6.07, 6.45) is 0.571. The second-order valence-corrected chi connectivity index (χ2v) is 8.42. The zero-order valence-electron chi connectivity index (χ0n) is 18.0. The average molecular weight is 501 g/mol. The van der Waals surface area contributed by atoms with Gasteiger partial charge in [0.25, 0.3) is 5.91 Å². The van der Waals surface area contributed by atoms with Crippen molar-refractivity contribution in [1.29, 1.82) is 0 Å². The number of methoxy groups -OCH3 is 1. The van der Waals surface area contributed by atoms with Crippen molar-refractivity contribution in [1.82, 2.24) is 14.6 Å². The predicted octanol–water partition coefficient (Wildman–Crippen LogP) is 4.30. The number of ether oxygens (including phenoxy) is 2. The predicted molar refractivity (Wildman–Crippen MR) is 116 cm³/mol. The third-order valence-electron chi connectivity index (χ3n) is 4.46. The first-order valence-electron chi connectivity index (χ1n) is 9.62. The third kappa shape index (κ3) is 4.96. The molecule has 0 bridgehead atoms. The van der Waals surface area contributed by atoms with E-state index >= 15 is 0 Å². The quantitative estimate of drug-likeness (QED) is 0.380. The number of nitrogens with zero attached hydrogens (tertiary/aromatic N) is 3. The van der Waals surface area contributed by atoms with E-state index in [1.165, 1.54) is 27.0 Å². The molecule has 176 valence electrons. The highest BCUT2D eigenvalue weighted by Gasteiger charge is 2.33. The Morgan fingerprint density at radius 3 is 2.55 bits per heavy atom. The number of nitrogens with one attached hydrogen (secondary N) is 1. The zero-order chi connectivity index (χ0) is 24.5. The van der Waals surface area contributed by atoms with Crippen LogP contribution in [0.4, 0.5) is 13.8 Å². The molecule has 3 heterocycles. The van der Waals surface area contributed by atoms with Gasteiger partial charge in [-0.05, 0) is 43.5 Å². The second-order valence-electron chi connectivity index (χ2n) is 6.92. The van der Waals surface area contributed by atoms with Crippen LogP contribution in [0.3, 0.4) is 0 Å². The molecule has 0 radical (unpaired) electrons. The molecule has 0 aromatic carbocycles. The molecule has 0 spiro atoms. The Hall–Kier alpha value is -3.12. The van der Waals surface area contributed by atoms with Gasteiger partial charge in [-0.1, -0.05) is 6.92 Å². The number of fused-ring (bicyclic) bond motifs is 1. The van der Waals surface area contributed by atoms with E-state index in [0.29, 0.717) is 6.42 Å². The Kier molecular flexibility index (Phi) is 6.98. The molecule has 9 nitrogen and oxygen atoms in total. The van der Waals surface area contributed by atoms with Gasteiger partial charge >= 0.3 is 17.3 Å². The SMILES string of the molecule is CCCOC(=O)c1c(NC(=O)c2cc3nc(C)cc(C(F)(F)Cl)n3n2)sc(C(=O)OC)c1C. The normalized spacial score (nSPS) is 11.5. The molecule has 0 atom stereocenters. The molecule has 0 saturated carbocycles. The first kappa shape index (κ1) is 24.5. The van der Waals surface area contributed by atoms with Gasteiger partial charge in [-0.25, -0.2) is 19.1 Å². The van der Waals surface area contributed by atoms with Crippen LogP contribution in [0.15, 0.2) is 12.1 Å². The number of alkyl halides is 3.